The van der Waals surface area contributed by atoms with Gasteiger partial charge in [0.2, 0.25) is 0 Å². The van der Waals surface area contributed by atoms with Gasteiger partial charge in [-0.05, 0) is 61.1 Å². The second-order valence-electron chi connectivity index (χ2n) is 15.2. The monoisotopic (exact) mass is 822 g/mol. The van der Waals surface area contributed by atoms with Crippen molar-refractivity contribution in [3.8, 4) is 11.5 Å². The maximum Gasteiger partial charge on any atom is 1.00 e. The van der Waals surface area contributed by atoms with Crippen LogP contribution in [0.4, 0.5) is 0 Å². The molecule has 0 heterocycles. The van der Waals surface area contributed by atoms with E-state index in [9.17, 15) is 25.9 Å². The van der Waals surface area contributed by atoms with E-state index >= 15 is 0 Å². The third-order valence-corrected chi connectivity index (χ3v) is 12.1. The zero-order valence-corrected chi connectivity index (χ0v) is 41.0. The van der Waals surface area contributed by atoms with Crippen LogP contribution in [-0.4, -0.2) is 25.9 Å². The first-order chi connectivity index (χ1) is 25.6. The number of hydrogen-bond donors (Lipinski definition) is 0. The molecule has 11 heteroatoms. The van der Waals surface area contributed by atoms with Crippen molar-refractivity contribution in [3.05, 3.63) is 47.5 Å². The first-order valence-corrected chi connectivity index (χ1v) is 24.2. The van der Waals surface area contributed by atoms with Gasteiger partial charge in [0, 0.05) is 0 Å². The Kier molecular flexibility index (Phi) is 33.9. The van der Waals surface area contributed by atoms with Gasteiger partial charge in [0.05, 0.1) is 9.79 Å². The van der Waals surface area contributed by atoms with Crippen LogP contribution in [0, 0.1) is 0 Å². The molecular weight excluding hydrogens is 751 g/mol. The van der Waals surface area contributed by atoms with Crippen LogP contribution in [0.1, 0.15) is 205 Å². The van der Waals surface area contributed by atoms with Gasteiger partial charge in [0.25, 0.3) is 0 Å². The molecule has 55 heavy (non-hydrogen) atoms. The van der Waals surface area contributed by atoms with E-state index in [1.165, 1.54) is 166 Å². The zero-order chi connectivity index (χ0) is 38.6. The fraction of sp³-hybridized carbons (Fsp3) is 0.727. The summed E-state index contributed by atoms with van der Waals surface area (Å²) < 4.78 is 77.8. The third-order valence-electron chi connectivity index (χ3n) is 10.5. The van der Waals surface area contributed by atoms with Gasteiger partial charge in [-0.3, -0.25) is 0 Å². The fourth-order valence-electron chi connectivity index (χ4n) is 7.12. The average molecular weight is 823 g/mol. The van der Waals surface area contributed by atoms with Crippen molar-refractivity contribution in [1.29, 1.82) is 0 Å². The Morgan fingerprint density at radius 2 is 0.636 bits per heavy atom. The first-order valence-electron chi connectivity index (χ1n) is 21.4. The van der Waals surface area contributed by atoms with Gasteiger partial charge < -0.3 is 13.8 Å². The molecule has 0 atom stereocenters. The summed E-state index contributed by atoms with van der Waals surface area (Å²) in [7, 11) is -9.48. The molecule has 0 unspecified atom stereocenters. The zero-order valence-electron chi connectivity index (χ0n) is 35.4. The van der Waals surface area contributed by atoms with Crippen molar-refractivity contribution in [2.75, 3.05) is 0 Å². The largest absolute Gasteiger partial charge is 1.00 e. The minimum atomic E-state index is -4.74. The molecule has 0 N–H and O–H groups in total. The quantitative estimate of drug-likeness (QED) is 0.0411. The molecule has 0 aliphatic rings. The van der Waals surface area contributed by atoms with Crippen LogP contribution in [0.25, 0.3) is 0 Å². The number of rotatable bonds is 34. The molecule has 0 aliphatic carbocycles. The van der Waals surface area contributed by atoms with E-state index < -0.39 is 30.0 Å². The van der Waals surface area contributed by atoms with Crippen LogP contribution < -0.4 is 63.9 Å². The van der Waals surface area contributed by atoms with Crippen LogP contribution in [-0.2, 0) is 33.1 Å². The molecule has 7 nitrogen and oxygen atoms in total. The molecule has 0 fully saturated rings. The minimum absolute atomic E-state index is 0. The van der Waals surface area contributed by atoms with Gasteiger partial charge in [-0.1, -0.05) is 193 Å². The summed E-state index contributed by atoms with van der Waals surface area (Å²) in [5.74, 6) is 0.415. The van der Waals surface area contributed by atoms with Crippen molar-refractivity contribution in [2.24, 2.45) is 0 Å². The van der Waals surface area contributed by atoms with E-state index in [0.29, 0.717) is 12.8 Å². The van der Waals surface area contributed by atoms with Gasteiger partial charge in [-0.25, -0.2) is 16.8 Å². The van der Waals surface area contributed by atoms with Crippen molar-refractivity contribution >= 4 is 20.2 Å². The number of hydrogen-bond acceptors (Lipinski definition) is 7. The number of benzene rings is 2. The summed E-state index contributed by atoms with van der Waals surface area (Å²) in [5.41, 5.74) is 1.49. The molecule has 0 amide bonds. The predicted molar refractivity (Wildman–Crippen MR) is 217 cm³/mol. The molecule has 2 aromatic carbocycles. The Hall–Kier alpha value is 0.0600. The molecule has 2 rings (SSSR count). The van der Waals surface area contributed by atoms with Crippen LogP contribution in [0.15, 0.2) is 46.2 Å². The third kappa shape index (κ3) is 26.7. The maximum atomic E-state index is 11.9. The molecule has 0 bridgehead atoms. The predicted octanol–water partition coefficient (Wildman–Crippen LogP) is 7.34. The van der Waals surface area contributed by atoms with E-state index in [0.717, 1.165) is 49.7 Å². The smallest absolute Gasteiger partial charge is 0.744 e. The average Bonchev–Trinajstić information content (AvgIpc) is 3.12. The van der Waals surface area contributed by atoms with Crippen LogP contribution in [0.3, 0.4) is 0 Å². The van der Waals surface area contributed by atoms with E-state index in [-0.39, 0.29) is 70.6 Å². The van der Waals surface area contributed by atoms with Gasteiger partial charge in [-0.2, -0.15) is 0 Å². The molecule has 0 spiro atoms. The van der Waals surface area contributed by atoms with Gasteiger partial charge >= 0.3 is 59.1 Å². The Labute approximate surface area is 381 Å². The maximum absolute atomic E-state index is 11.9. The van der Waals surface area contributed by atoms with Crippen LogP contribution in [0.5, 0.6) is 11.5 Å². The second kappa shape index (κ2) is 33.8. The van der Waals surface area contributed by atoms with Crippen molar-refractivity contribution in [3.63, 3.8) is 0 Å². The van der Waals surface area contributed by atoms with E-state index in [4.69, 9.17) is 4.74 Å². The van der Waals surface area contributed by atoms with Crippen molar-refractivity contribution in [1.82, 2.24) is 0 Å². The minimum Gasteiger partial charge on any atom is -0.744 e. The number of unbranched alkanes of at least 4 members (excludes halogenated alkanes) is 26. The summed E-state index contributed by atoms with van der Waals surface area (Å²) in [6, 6.07) is 8.31. The normalized spacial score (nSPS) is 11.6. The Bertz CT molecular complexity index is 1360. The molecular formula is C44H72Na2O7S2. The molecule has 0 radical (unpaired) electrons. The first kappa shape index (κ1) is 55.1. The van der Waals surface area contributed by atoms with Crippen molar-refractivity contribution < 1.29 is 89.8 Å². The number of aryl methyl sites for hydroxylation is 2. The van der Waals surface area contributed by atoms with E-state index in [2.05, 4.69) is 13.8 Å². The SMILES string of the molecule is CCCCCCCCCCCCCCCCc1ccc(S(=O)(=O)[O-])cc1Oc1cc(S(=O)(=O)[O-])ccc1CCCCCCCCCCCCCCCC.[Na+].[Na+]. The summed E-state index contributed by atoms with van der Waals surface area (Å²) in [6.45, 7) is 4.50. The molecule has 304 valence electrons. The fourth-order valence-corrected chi connectivity index (χ4v) is 8.09. The van der Waals surface area contributed by atoms with Crippen LogP contribution >= 0.6 is 0 Å². The van der Waals surface area contributed by atoms with E-state index in [1.807, 2.05) is 0 Å². The van der Waals surface area contributed by atoms with Gasteiger partial charge in [-0.15, -0.1) is 0 Å². The topological polar surface area (TPSA) is 124 Å². The van der Waals surface area contributed by atoms with Gasteiger partial charge in [0.1, 0.15) is 31.7 Å². The standard InChI is InChI=1S/C44H74O7S2.2Na/c1-3-5-7-9-11-13-15-17-19-21-23-25-27-29-31-39-33-35-41(52(45,46)47)37-43(39)51-44-38-42(53(48,49)50)36-34-40(44)32-30-28-26-24-22-20-18-16-14-12-10-8-6-4-2;;/h33-38H,3-32H2,1-2H3,(H,45,46,47)(H,48,49,50);;/q;2*+1/p-2. The molecule has 2 aromatic rings. The molecule has 0 aliphatic heterocycles. The summed E-state index contributed by atoms with van der Waals surface area (Å²) >= 11 is 0. The number of ether oxygens (including phenoxy) is 1. The molecule has 0 aromatic heterocycles. The molecule has 0 saturated carbocycles. The van der Waals surface area contributed by atoms with E-state index in [1.54, 1.807) is 12.1 Å². The Morgan fingerprint density at radius 3 is 0.873 bits per heavy atom. The summed E-state index contributed by atoms with van der Waals surface area (Å²) in [6.07, 6.45) is 36.1. The summed E-state index contributed by atoms with van der Waals surface area (Å²) in [4.78, 5) is -0.809. The summed E-state index contributed by atoms with van der Waals surface area (Å²) in [5, 5.41) is 0. The second-order valence-corrected chi connectivity index (χ2v) is 18.0. The Balaban J connectivity index is 0.0000146. The van der Waals surface area contributed by atoms with Gasteiger partial charge in [0.15, 0.2) is 0 Å². The van der Waals surface area contributed by atoms with Crippen molar-refractivity contribution in [2.45, 2.75) is 216 Å². The molecule has 0 saturated heterocycles. The van der Waals surface area contributed by atoms with Crippen LogP contribution in [0.2, 0.25) is 0 Å². The Morgan fingerprint density at radius 1 is 0.400 bits per heavy atom.